The molecule has 0 fully saturated rings. The molecule has 0 aliphatic carbocycles. The number of hydrogen-bond acceptors (Lipinski definition) is 4. The summed E-state index contributed by atoms with van der Waals surface area (Å²) in [6.45, 7) is 9.97. The molecule has 0 aliphatic rings. The molecule has 8 heteroatoms. The minimum Gasteiger partial charge on any atom is -0.495 e. The Bertz CT molecular complexity index is 1130. The van der Waals surface area contributed by atoms with E-state index >= 15 is 0 Å². The van der Waals surface area contributed by atoms with E-state index in [-0.39, 0.29) is 0 Å². The minimum atomic E-state index is 0.362. The zero-order chi connectivity index (χ0) is 22.4. The summed E-state index contributed by atoms with van der Waals surface area (Å²) < 4.78 is 8.89. The number of nitrogens with zero attached hydrogens (tertiary/aromatic N) is 5. The molecule has 160 valence electrons. The maximum Gasteiger partial charge on any atom is 0.217 e. The highest BCUT2D eigenvalue weighted by Gasteiger charge is 2.19. The van der Waals surface area contributed by atoms with Crippen molar-refractivity contribution < 1.29 is 4.74 Å². The van der Waals surface area contributed by atoms with Crippen LogP contribution in [0, 0.1) is 6.92 Å². The Morgan fingerprint density at radius 2 is 1.73 bits per heavy atom. The fourth-order valence-electron chi connectivity index (χ4n) is 3.01. The third-order valence-electron chi connectivity index (χ3n) is 4.34. The first-order valence-corrected chi connectivity index (χ1v) is 10.6. The van der Waals surface area contributed by atoms with Crippen LogP contribution in [0.5, 0.6) is 5.75 Å². The fraction of sp³-hybridized carbons (Fsp3) is 0.318. The molecule has 0 radical (unpaired) electrons. The first-order chi connectivity index (χ1) is 14.5. The molecule has 0 saturated carbocycles. The Kier molecular flexibility index (Phi) is 8.26. The Morgan fingerprint density at radius 3 is 2.33 bits per heavy atom. The predicted octanol–water partition coefficient (Wildman–Crippen LogP) is 6.47. The average molecular weight is 448 g/mol. The lowest BCUT2D eigenvalue weighted by Crippen LogP contribution is -2.02. The summed E-state index contributed by atoms with van der Waals surface area (Å²) in [5.74, 6) is 1.71. The molecule has 1 aromatic carbocycles. The monoisotopic (exact) mass is 447 g/mol. The number of hydrogen-bond donors (Lipinski definition) is 0. The van der Waals surface area contributed by atoms with E-state index in [2.05, 4.69) is 15.1 Å². The van der Waals surface area contributed by atoms with Crippen LogP contribution in [-0.2, 0) is 7.05 Å². The number of fused-ring (bicyclic) bond motifs is 1. The molecule has 0 unspecified atom stereocenters. The topological polar surface area (TPSA) is 57.2 Å². The lowest BCUT2D eigenvalue weighted by molar-refractivity contribution is 0.415. The fourth-order valence-corrected chi connectivity index (χ4v) is 3.62. The van der Waals surface area contributed by atoms with Gasteiger partial charge >= 0.3 is 0 Å². The van der Waals surface area contributed by atoms with Crippen LogP contribution in [0.25, 0.3) is 28.3 Å². The summed E-state index contributed by atoms with van der Waals surface area (Å²) in [5.41, 5.74) is 3.45. The molecule has 30 heavy (non-hydrogen) atoms. The lowest BCUT2D eigenvalue weighted by Gasteiger charge is -2.08. The summed E-state index contributed by atoms with van der Waals surface area (Å²) in [4.78, 5) is 8.71. The van der Waals surface area contributed by atoms with Crippen molar-refractivity contribution in [1.29, 1.82) is 0 Å². The van der Waals surface area contributed by atoms with E-state index in [1.54, 1.807) is 17.8 Å². The van der Waals surface area contributed by atoms with Crippen molar-refractivity contribution >= 4 is 28.7 Å². The van der Waals surface area contributed by atoms with Crippen LogP contribution in [0.15, 0.2) is 36.8 Å². The van der Waals surface area contributed by atoms with Gasteiger partial charge in [0.05, 0.1) is 12.1 Å². The quantitative estimate of drug-likeness (QED) is 0.360. The van der Waals surface area contributed by atoms with Crippen molar-refractivity contribution in [1.82, 2.24) is 24.1 Å². The highest BCUT2D eigenvalue weighted by atomic mass is 35.5. The Hall–Kier alpha value is -2.57. The van der Waals surface area contributed by atoms with Gasteiger partial charge in [-0.05, 0) is 18.6 Å². The van der Waals surface area contributed by atoms with Crippen LogP contribution < -0.4 is 4.74 Å². The zero-order valence-corrected chi connectivity index (χ0v) is 19.9. The van der Waals surface area contributed by atoms with Crippen molar-refractivity contribution in [3.63, 3.8) is 0 Å². The highest BCUT2D eigenvalue weighted by Crippen LogP contribution is 2.39. The minimum absolute atomic E-state index is 0.362. The van der Waals surface area contributed by atoms with E-state index < -0.39 is 0 Å². The maximum absolute atomic E-state index is 6.50. The molecule has 0 atom stereocenters. The van der Waals surface area contributed by atoms with Gasteiger partial charge in [0.25, 0.3) is 0 Å². The summed E-state index contributed by atoms with van der Waals surface area (Å²) in [7, 11) is 3.47. The van der Waals surface area contributed by atoms with Gasteiger partial charge in [0.15, 0.2) is 11.0 Å². The van der Waals surface area contributed by atoms with Gasteiger partial charge in [0.1, 0.15) is 11.3 Å². The second-order valence-electron chi connectivity index (χ2n) is 5.87. The van der Waals surface area contributed by atoms with Crippen LogP contribution in [0.1, 0.15) is 33.3 Å². The largest absolute Gasteiger partial charge is 0.495 e. The van der Waals surface area contributed by atoms with E-state index in [1.807, 2.05) is 76.8 Å². The Morgan fingerprint density at radius 1 is 1.03 bits per heavy atom. The van der Waals surface area contributed by atoms with E-state index in [0.29, 0.717) is 27.6 Å². The van der Waals surface area contributed by atoms with Crippen LogP contribution in [0.2, 0.25) is 10.2 Å². The summed E-state index contributed by atoms with van der Waals surface area (Å²) in [6.07, 6.45) is 5.42. The van der Waals surface area contributed by atoms with Crippen LogP contribution in [-0.4, -0.2) is 31.3 Å². The molecule has 3 heterocycles. The SMILES string of the molecule is CC.CC.COc1cccc(-c2cn3nc(-c4nccn4C)nc(Cl)c3c2C)c1Cl. The molecule has 0 amide bonds. The average Bonchev–Trinajstić information content (AvgIpc) is 3.34. The maximum atomic E-state index is 6.50. The third-order valence-corrected chi connectivity index (χ3v) is 4.99. The third kappa shape index (κ3) is 4.30. The standard InChI is InChI=1S/C18H15Cl2N5O.2C2H6/c1-10-12(11-5-4-6-13(26-3)14(11)19)9-25-15(10)16(20)22-17(23-25)18-21-7-8-24(18)2;2*1-2/h4-9H,1-3H3;2*1-2H3. The molecule has 4 rings (SSSR count). The first kappa shape index (κ1) is 23.7. The molecular weight excluding hydrogens is 421 g/mol. The normalized spacial score (nSPS) is 10.2. The molecule has 0 N–H and O–H groups in total. The number of benzene rings is 1. The lowest BCUT2D eigenvalue weighted by atomic mass is 10.0. The summed E-state index contributed by atoms with van der Waals surface area (Å²) >= 11 is 13.0. The zero-order valence-electron chi connectivity index (χ0n) is 18.4. The molecule has 0 bridgehead atoms. The second-order valence-corrected chi connectivity index (χ2v) is 6.61. The van der Waals surface area contributed by atoms with Gasteiger partial charge in [-0.1, -0.05) is 63.0 Å². The number of rotatable bonds is 3. The number of ether oxygens (including phenoxy) is 1. The van der Waals surface area contributed by atoms with E-state index in [1.165, 1.54) is 0 Å². The van der Waals surface area contributed by atoms with Crippen LogP contribution in [0.4, 0.5) is 0 Å². The van der Waals surface area contributed by atoms with Crippen molar-refractivity contribution in [3.05, 3.63) is 52.5 Å². The van der Waals surface area contributed by atoms with Crippen LogP contribution >= 0.6 is 23.2 Å². The van der Waals surface area contributed by atoms with Crippen molar-refractivity contribution in [2.45, 2.75) is 34.6 Å². The molecule has 4 aromatic rings. The molecule has 6 nitrogen and oxygen atoms in total. The molecular formula is C22H27Cl2N5O. The van der Waals surface area contributed by atoms with E-state index in [9.17, 15) is 0 Å². The number of aromatic nitrogens is 5. The van der Waals surface area contributed by atoms with Crippen molar-refractivity contribution in [3.8, 4) is 28.5 Å². The Labute approximate surface area is 187 Å². The van der Waals surface area contributed by atoms with Crippen molar-refractivity contribution in [2.75, 3.05) is 7.11 Å². The Balaban J connectivity index is 0.000000757. The first-order valence-electron chi connectivity index (χ1n) is 9.87. The molecule has 0 saturated heterocycles. The van der Waals surface area contributed by atoms with Gasteiger partial charge in [-0.3, -0.25) is 0 Å². The van der Waals surface area contributed by atoms with Gasteiger partial charge in [-0.25, -0.2) is 14.5 Å². The summed E-state index contributed by atoms with van der Waals surface area (Å²) in [6, 6.07) is 5.66. The highest BCUT2D eigenvalue weighted by molar-refractivity contribution is 6.35. The summed E-state index contributed by atoms with van der Waals surface area (Å²) in [5, 5.41) is 5.49. The van der Waals surface area contributed by atoms with Gasteiger partial charge in [-0.2, -0.15) is 0 Å². The molecule has 0 spiro atoms. The second kappa shape index (κ2) is 10.5. The number of halogens is 2. The number of imidazole rings is 1. The van der Waals surface area contributed by atoms with Gasteiger partial charge in [0, 0.05) is 36.8 Å². The van der Waals surface area contributed by atoms with Gasteiger partial charge < -0.3 is 9.30 Å². The number of aryl methyl sites for hydroxylation is 2. The van der Waals surface area contributed by atoms with E-state index in [4.69, 9.17) is 27.9 Å². The van der Waals surface area contributed by atoms with E-state index in [0.717, 1.165) is 22.2 Å². The molecule has 0 aliphatic heterocycles. The van der Waals surface area contributed by atoms with Crippen molar-refractivity contribution in [2.24, 2.45) is 7.05 Å². The van der Waals surface area contributed by atoms with Gasteiger partial charge in [-0.15, -0.1) is 5.10 Å². The molecule has 3 aromatic heterocycles. The predicted molar refractivity (Wildman–Crippen MR) is 125 cm³/mol. The smallest absolute Gasteiger partial charge is 0.217 e. The van der Waals surface area contributed by atoms with Gasteiger partial charge in [0.2, 0.25) is 5.82 Å². The van der Waals surface area contributed by atoms with Crippen LogP contribution in [0.3, 0.4) is 0 Å². The number of methoxy groups -OCH3 is 1.